The molecular formula is C19H20N2O5S. The molecule has 142 valence electrons. The number of fused-ring (bicyclic) bond motifs is 1. The highest BCUT2D eigenvalue weighted by atomic mass is 32.2. The molecule has 1 saturated heterocycles. The molecular weight excluding hydrogens is 368 g/mol. The van der Waals surface area contributed by atoms with Gasteiger partial charge in [0.05, 0.1) is 17.9 Å². The summed E-state index contributed by atoms with van der Waals surface area (Å²) in [4.78, 5) is 12.4. The van der Waals surface area contributed by atoms with Crippen LogP contribution in [0.3, 0.4) is 0 Å². The second-order valence-electron chi connectivity index (χ2n) is 6.49. The normalized spacial score (nSPS) is 17.6. The van der Waals surface area contributed by atoms with E-state index in [0.717, 1.165) is 5.56 Å². The van der Waals surface area contributed by atoms with Crippen LogP contribution in [0.4, 0.5) is 11.4 Å². The number of carbonyl (C=O) groups is 1. The Kier molecular flexibility index (Phi) is 4.65. The van der Waals surface area contributed by atoms with Crippen molar-refractivity contribution < 1.29 is 22.7 Å². The Balaban J connectivity index is 1.45. The van der Waals surface area contributed by atoms with Gasteiger partial charge < -0.3 is 14.8 Å². The lowest BCUT2D eigenvalue weighted by Crippen LogP contribution is -2.25. The zero-order valence-corrected chi connectivity index (χ0v) is 15.5. The predicted molar refractivity (Wildman–Crippen MR) is 102 cm³/mol. The summed E-state index contributed by atoms with van der Waals surface area (Å²) in [6.07, 6.45) is 0.798. The van der Waals surface area contributed by atoms with Crippen LogP contribution in [0.25, 0.3) is 0 Å². The van der Waals surface area contributed by atoms with E-state index in [1.807, 2.05) is 6.07 Å². The summed E-state index contributed by atoms with van der Waals surface area (Å²) < 4.78 is 36.5. The first kappa shape index (κ1) is 17.7. The van der Waals surface area contributed by atoms with Gasteiger partial charge in [0.1, 0.15) is 13.2 Å². The summed E-state index contributed by atoms with van der Waals surface area (Å²) in [5, 5.41) is 2.83. The van der Waals surface area contributed by atoms with Crippen LogP contribution in [-0.2, 0) is 21.2 Å². The highest BCUT2D eigenvalue weighted by Crippen LogP contribution is 2.31. The Bertz CT molecular complexity index is 974. The largest absolute Gasteiger partial charge is 0.486 e. The molecule has 0 spiro atoms. The Morgan fingerprint density at radius 1 is 1.07 bits per heavy atom. The molecule has 2 aromatic carbocycles. The number of ether oxygens (including phenoxy) is 2. The quantitative estimate of drug-likeness (QED) is 0.868. The van der Waals surface area contributed by atoms with Crippen molar-refractivity contribution in [3.8, 4) is 11.5 Å². The van der Waals surface area contributed by atoms with Gasteiger partial charge in [0.25, 0.3) is 0 Å². The Labute approximate surface area is 157 Å². The lowest BCUT2D eigenvalue weighted by Gasteiger charge is -2.19. The number of anilines is 2. The Morgan fingerprint density at radius 2 is 1.89 bits per heavy atom. The summed E-state index contributed by atoms with van der Waals surface area (Å²) in [7, 11) is -3.25. The number of amides is 1. The van der Waals surface area contributed by atoms with Crippen LogP contribution in [0, 0.1) is 0 Å². The number of sulfonamides is 1. The van der Waals surface area contributed by atoms with Gasteiger partial charge in [-0.3, -0.25) is 9.10 Å². The average molecular weight is 388 g/mol. The maximum atomic E-state index is 12.4. The standard InChI is InChI=1S/C19H20N2O5S/c22-19(12-14-5-6-17-18(11-14)26-9-8-25-17)20-15-3-1-4-16(13-15)21-7-2-10-27(21,23)24/h1,3-6,11,13H,2,7-10,12H2,(H,20,22). The third-order valence-corrected chi connectivity index (χ3v) is 6.36. The van der Waals surface area contributed by atoms with Crippen molar-refractivity contribution in [2.24, 2.45) is 0 Å². The monoisotopic (exact) mass is 388 g/mol. The average Bonchev–Trinajstić information content (AvgIpc) is 3.01. The minimum Gasteiger partial charge on any atom is -0.486 e. The Hall–Kier alpha value is -2.74. The van der Waals surface area contributed by atoms with Gasteiger partial charge in [-0.25, -0.2) is 8.42 Å². The van der Waals surface area contributed by atoms with Gasteiger partial charge in [-0.2, -0.15) is 0 Å². The summed E-state index contributed by atoms with van der Waals surface area (Å²) in [5.41, 5.74) is 1.96. The van der Waals surface area contributed by atoms with E-state index in [1.165, 1.54) is 4.31 Å². The fraction of sp³-hybridized carbons (Fsp3) is 0.316. The number of carbonyl (C=O) groups excluding carboxylic acids is 1. The molecule has 0 bridgehead atoms. The molecule has 27 heavy (non-hydrogen) atoms. The number of rotatable bonds is 4. The lowest BCUT2D eigenvalue weighted by atomic mass is 10.1. The maximum absolute atomic E-state index is 12.4. The van der Waals surface area contributed by atoms with E-state index in [-0.39, 0.29) is 18.1 Å². The number of hydrogen-bond acceptors (Lipinski definition) is 5. The van der Waals surface area contributed by atoms with Crippen LogP contribution in [0.1, 0.15) is 12.0 Å². The Morgan fingerprint density at radius 3 is 2.67 bits per heavy atom. The summed E-state index contributed by atoms with van der Waals surface area (Å²) in [5.74, 6) is 1.30. The number of nitrogens with zero attached hydrogens (tertiary/aromatic N) is 1. The number of benzene rings is 2. The van der Waals surface area contributed by atoms with Gasteiger partial charge in [0, 0.05) is 12.2 Å². The van der Waals surface area contributed by atoms with Crippen molar-refractivity contribution in [2.75, 3.05) is 35.1 Å². The SMILES string of the molecule is O=C(Cc1ccc2c(c1)OCCO2)Nc1cccc(N2CCCS2(=O)=O)c1. The number of nitrogens with one attached hydrogen (secondary N) is 1. The molecule has 0 aromatic heterocycles. The van der Waals surface area contributed by atoms with E-state index in [2.05, 4.69) is 5.32 Å². The van der Waals surface area contributed by atoms with Gasteiger partial charge >= 0.3 is 0 Å². The molecule has 4 rings (SSSR count). The maximum Gasteiger partial charge on any atom is 0.235 e. The molecule has 0 saturated carbocycles. The van der Waals surface area contributed by atoms with Crippen LogP contribution in [0.5, 0.6) is 11.5 Å². The molecule has 7 nitrogen and oxygen atoms in total. The zero-order chi connectivity index (χ0) is 18.9. The first-order valence-corrected chi connectivity index (χ1v) is 10.4. The molecule has 0 radical (unpaired) electrons. The van der Waals surface area contributed by atoms with Gasteiger partial charge in [-0.15, -0.1) is 0 Å². The molecule has 2 aromatic rings. The van der Waals surface area contributed by atoms with E-state index in [0.29, 0.717) is 49.1 Å². The second-order valence-corrected chi connectivity index (χ2v) is 8.51. The first-order chi connectivity index (χ1) is 13.0. The van der Waals surface area contributed by atoms with Crippen LogP contribution < -0.4 is 19.1 Å². The highest BCUT2D eigenvalue weighted by Gasteiger charge is 2.28. The summed E-state index contributed by atoms with van der Waals surface area (Å²) in [6, 6.07) is 12.3. The second kappa shape index (κ2) is 7.11. The van der Waals surface area contributed by atoms with E-state index in [9.17, 15) is 13.2 Å². The van der Waals surface area contributed by atoms with E-state index in [1.54, 1.807) is 36.4 Å². The smallest absolute Gasteiger partial charge is 0.235 e. The van der Waals surface area contributed by atoms with Crippen LogP contribution in [0.15, 0.2) is 42.5 Å². The van der Waals surface area contributed by atoms with Crippen molar-refractivity contribution in [1.82, 2.24) is 0 Å². The number of hydrogen-bond donors (Lipinski definition) is 1. The minimum absolute atomic E-state index is 0.160. The third-order valence-electron chi connectivity index (χ3n) is 4.49. The predicted octanol–water partition coefficient (Wildman–Crippen LogP) is 2.18. The van der Waals surface area contributed by atoms with E-state index in [4.69, 9.17) is 9.47 Å². The molecule has 1 amide bonds. The third kappa shape index (κ3) is 3.85. The van der Waals surface area contributed by atoms with E-state index >= 15 is 0 Å². The minimum atomic E-state index is -3.25. The fourth-order valence-electron chi connectivity index (χ4n) is 3.26. The molecule has 8 heteroatoms. The van der Waals surface area contributed by atoms with Gasteiger partial charge in [-0.1, -0.05) is 12.1 Å². The molecule has 1 N–H and O–H groups in total. The van der Waals surface area contributed by atoms with Crippen LogP contribution >= 0.6 is 0 Å². The van der Waals surface area contributed by atoms with Crippen LogP contribution in [-0.4, -0.2) is 39.8 Å². The lowest BCUT2D eigenvalue weighted by molar-refractivity contribution is -0.115. The molecule has 0 unspecified atom stereocenters. The van der Waals surface area contributed by atoms with Gasteiger partial charge in [0.2, 0.25) is 15.9 Å². The molecule has 2 heterocycles. The van der Waals surface area contributed by atoms with Crippen LogP contribution in [0.2, 0.25) is 0 Å². The zero-order valence-electron chi connectivity index (χ0n) is 14.7. The molecule has 0 atom stereocenters. The fourth-order valence-corrected chi connectivity index (χ4v) is 4.81. The first-order valence-electron chi connectivity index (χ1n) is 8.80. The highest BCUT2D eigenvalue weighted by molar-refractivity contribution is 7.93. The summed E-state index contributed by atoms with van der Waals surface area (Å²) in [6.45, 7) is 1.49. The van der Waals surface area contributed by atoms with Crippen molar-refractivity contribution in [1.29, 1.82) is 0 Å². The van der Waals surface area contributed by atoms with Crippen molar-refractivity contribution in [3.63, 3.8) is 0 Å². The topological polar surface area (TPSA) is 84.9 Å². The molecule has 2 aliphatic rings. The van der Waals surface area contributed by atoms with Crippen molar-refractivity contribution >= 4 is 27.3 Å². The van der Waals surface area contributed by atoms with Gasteiger partial charge in [0.15, 0.2) is 11.5 Å². The van der Waals surface area contributed by atoms with E-state index < -0.39 is 10.0 Å². The van der Waals surface area contributed by atoms with Gasteiger partial charge in [-0.05, 0) is 42.3 Å². The van der Waals surface area contributed by atoms with Crippen molar-refractivity contribution in [3.05, 3.63) is 48.0 Å². The summed E-state index contributed by atoms with van der Waals surface area (Å²) >= 11 is 0. The molecule has 0 aliphatic carbocycles. The van der Waals surface area contributed by atoms with Crippen molar-refractivity contribution in [2.45, 2.75) is 12.8 Å². The molecule has 2 aliphatic heterocycles. The molecule has 1 fully saturated rings.